The first-order valence-electron chi connectivity index (χ1n) is 13.2. The maximum absolute atomic E-state index is 6.59. The van der Waals surface area contributed by atoms with E-state index in [1.54, 1.807) is 0 Å². The van der Waals surface area contributed by atoms with Crippen molar-refractivity contribution in [2.75, 3.05) is 17.6 Å². The number of nitrogens with one attached hydrogen (secondary N) is 1. The van der Waals surface area contributed by atoms with Crippen LogP contribution in [0.1, 0.15) is 44.9 Å². The molecule has 0 amide bonds. The lowest BCUT2D eigenvalue weighted by Crippen LogP contribution is -2.29. The van der Waals surface area contributed by atoms with E-state index in [9.17, 15) is 0 Å². The van der Waals surface area contributed by atoms with E-state index in [4.69, 9.17) is 24.9 Å². The van der Waals surface area contributed by atoms with Gasteiger partial charge in [0.05, 0.1) is 17.0 Å². The molecule has 0 spiro atoms. The van der Waals surface area contributed by atoms with Gasteiger partial charge in [0.25, 0.3) is 0 Å². The quantitative estimate of drug-likeness (QED) is 0.384. The van der Waals surface area contributed by atoms with Crippen LogP contribution < -0.4 is 11.1 Å². The van der Waals surface area contributed by atoms with Gasteiger partial charge >= 0.3 is 0 Å². The standard InChI is InChI=1S/C28H32N6O3/c1-28(2)36-23-21(35-27(24(23)37-28)34-12-11-19-25(29)31-15-32-26(19)34)9-6-16-5-7-18-8-10-22(33-20(18)13-16)30-14-17-3-4-17/h5,7-8,10-13,15,17,21,23-24,27H,3-4,6,9,14H2,1-2H3,(H,30,33)(H2,29,31,32)/t21-,23-,24-,27-/m1/s1. The molecule has 0 unspecified atom stereocenters. The van der Waals surface area contributed by atoms with Gasteiger partial charge in [-0.1, -0.05) is 12.1 Å². The Hall–Kier alpha value is -3.27. The number of hydrogen-bond acceptors (Lipinski definition) is 8. The number of ether oxygens (including phenoxy) is 3. The van der Waals surface area contributed by atoms with Crippen LogP contribution in [0.15, 0.2) is 48.9 Å². The van der Waals surface area contributed by atoms with Crippen LogP contribution in [0.5, 0.6) is 0 Å². The van der Waals surface area contributed by atoms with Crippen molar-refractivity contribution in [3.8, 4) is 0 Å². The van der Waals surface area contributed by atoms with E-state index in [1.165, 1.54) is 24.7 Å². The first-order chi connectivity index (χ1) is 17.9. The number of nitrogen functional groups attached to an aromatic ring is 1. The monoisotopic (exact) mass is 500 g/mol. The number of rotatable bonds is 7. The topological polar surface area (TPSA) is 109 Å². The van der Waals surface area contributed by atoms with E-state index in [0.717, 1.165) is 53.1 Å². The lowest BCUT2D eigenvalue weighted by atomic mass is 10.0. The Labute approximate surface area is 215 Å². The van der Waals surface area contributed by atoms with Gasteiger partial charge in [0.15, 0.2) is 12.0 Å². The van der Waals surface area contributed by atoms with Crippen molar-refractivity contribution in [2.24, 2.45) is 5.92 Å². The molecular weight excluding hydrogens is 468 g/mol. The predicted molar refractivity (Wildman–Crippen MR) is 141 cm³/mol. The van der Waals surface area contributed by atoms with Crippen molar-refractivity contribution in [2.45, 2.75) is 69.9 Å². The van der Waals surface area contributed by atoms with Crippen molar-refractivity contribution in [1.82, 2.24) is 19.5 Å². The molecule has 3 N–H and O–H groups in total. The third-order valence-electron chi connectivity index (χ3n) is 7.68. The van der Waals surface area contributed by atoms with Crippen LogP contribution in [0.2, 0.25) is 0 Å². The molecule has 1 aromatic carbocycles. The Morgan fingerprint density at radius 3 is 2.78 bits per heavy atom. The van der Waals surface area contributed by atoms with E-state index in [2.05, 4.69) is 45.6 Å². The van der Waals surface area contributed by atoms with Gasteiger partial charge in [0, 0.05) is 18.1 Å². The Morgan fingerprint density at radius 2 is 1.92 bits per heavy atom. The molecule has 192 valence electrons. The van der Waals surface area contributed by atoms with Gasteiger partial charge in [-0.25, -0.2) is 15.0 Å². The zero-order valence-corrected chi connectivity index (χ0v) is 21.1. The molecule has 7 rings (SSSR count). The highest BCUT2D eigenvalue weighted by molar-refractivity contribution is 5.86. The van der Waals surface area contributed by atoms with Crippen LogP contribution in [-0.4, -0.2) is 50.2 Å². The van der Waals surface area contributed by atoms with E-state index in [1.807, 2.05) is 30.7 Å². The molecular formula is C28H32N6O3. The highest BCUT2D eigenvalue weighted by Crippen LogP contribution is 2.45. The average Bonchev–Trinajstić information content (AvgIpc) is 3.41. The Kier molecular flexibility index (Phi) is 5.35. The van der Waals surface area contributed by atoms with Crippen LogP contribution in [-0.2, 0) is 20.6 Å². The van der Waals surface area contributed by atoms with E-state index in [0.29, 0.717) is 5.82 Å². The molecule has 0 bridgehead atoms. The van der Waals surface area contributed by atoms with Gasteiger partial charge in [-0.2, -0.15) is 0 Å². The summed E-state index contributed by atoms with van der Waals surface area (Å²) in [5, 5.41) is 5.43. The fourth-order valence-electron chi connectivity index (χ4n) is 5.61. The lowest BCUT2D eigenvalue weighted by Gasteiger charge is -2.25. The van der Waals surface area contributed by atoms with Crippen molar-refractivity contribution < 1.29 is 14.2 Å². The first-order valence-corrected chi connectivity index (χ1v) is 13.2. The fraction of sp³-hybridized carbons (Fsp3) is 0.464. The highest BCUT2D eigenvalue weighted by atomic mass is 16.8. The van der Waals surface area contributed by atoms with Crippen LogP contribution >= 0.6 is 0 Å². The van der Waals surface area contributed by atoms with Crippen LogP contribution in [0, 0.1) is 5.92 Å². The minimum atomic E-state index is -0.677. The van der Waals surface area contributed by atoms with Crippen LogP contribution in [0.4, 0.5) is 11.6 Å². The summed E-state index contributed by atoms with van der Waals surface area (Å²) in [5.41, 5.74) is 9.04. The molecule has 37 heavy (non-hydrogen) atoms. The third-order valence-corrected chi connectivity index (χ3v) is 7.68. The van der Waals surface area contributed by atoms with Gasteiger partial charge in [-0.15, -0.1) is 0 Å². The second-order valence-electron chi connectivity index (χ2n) is 10.9. The van der Waals surface area contributed by atoms with E-state index >= 15 is 0 Å². The SMILES string of the molecule is CC1(C)O[C@@H]2[C@H](O1)[C@@H](CCc1ccc3ccc(NCC4CC4)nc3c1)O[C@H]2n1ccc2c(N)ncnc21. The van der Waals surface area contributed by atoms with Gasteiger partial charge in [-0.3, -0.25) is 0 Å². The fourth-order valence-corrected chi connectivity index (χ4v) is 5.61. The molecule has 9 nitrogen and oxygen atoms in total. The van der Waals surface area contributed by atoms with Crippen molar-refractivity contribution in [3.05, 3.63) is 54.5 Å². The molecule has 1 saturated carbocycles. The van der Waals surface area contributed by atoms with Crippen molar-refractivity contribution >= 4 is 33.6 Å². The number of hydrogen-bond donors (Lipinski definition) is 2. The van der Waals surface area contributed by atoms with Gasteiger partial charge in [0.2, 0.25) is 0 Å². The van der Waals surface area contributed by atoms with Gasteiger partial charge < -0.3 is 29.8 Å². The van der Waals surface area contributed by atoms with Crippen LogP contribution in [0.3, 0.4) is 0 Å². The maximum atomic E-state index is 6.59. The normalized spacial score (nSPS) is 26.6. The lowest BCUT2D eigenvalue weighted by molar-refractivity contribution is -0.196. The number of aryl methyl sites for hydroxylation is 1. The molecule has 9 heteroatoms. The number of pyridine rings is 1. The van der Waals surface area contributed by atoms with Gasteiger partial charge in [0.1, 0.15) is 35.8 Å². The average molecular weight is 501 g/mol. The number of nitrogens with two attached hydrogens (primary N) is 1. The zero-order chi connectivity index (χ0) is 25.1. The Balaban J connectivity index is 1.11. The Bertz CT molecular complexity index is 1470. The summed E-state index contributed by atoms with van der Waals surface area (Å²) in [4.78, 5) is 13.4. The summed E-state index contributed by atoms with van der Waals surface area (Å²) in [6, 6.07) is 12.7. The number of benzene rings is 1. The minimum Gasteiger partial charge on any atom is -0.383 e. The minimum absolute atomic E-state index is 0.122. The molecule has 5 heterocycles. The van der Waals surface area contributed by atoms with Gasteiger partial charge in [-0.05, 0) is 75.3 Å². The summed E-state index contributed by atoms with van der Waals surface area (Å²) >= 11 is 0. The molecule has 4 atom stereocenters. The second-order valence-corrected chi connectivity index (χ2v) is 10.9. The summed E-state index contributed by atoms with van der Waals surface area (Å²) in [6.45, 7) is 4.92. The van der Waals surface area contributed by atoms with Crippen LogP contribution in [0.25, 0.3) is 21.9 Å². The number of aromatic nitrogens is 4. The zero-order valence-electron chi connectivity index (χ0n) is 21.1. The predicted octanol–water partition coefficient (Wildman–Crippen LogP) is 4.43. The molecule has 1 aliphatic carbocycles. The number of nitrogens with zero attached hydrogens (tertiary/aromatic N) is 4. The number of anilines is 2. The molecule has 3 fully saturated rings. The summed E-state index contributed by atoms with van der Waals surface area (Å²) < 4.78 is 21.2. The van der Waals surface area contributed by atoms with E-state index < -0.39 is 5.79 Å². The smallest absolute Gasteiger partial charge is 0.164 e. The molecule has 0 radical (unpaired) electrons. The molecule has 2 aliphatic heterocycles. The summed E-state index contributed by atoms with van der Waals surface area (Å²) in [7, 11) is 0. The molecule has 3 aromatic heterocycles. The first kappa shape index (κ1) is 22.9. The molecule has 3 aliphatic rings. The van der Waals surface area contributed by atoms with Crippen molar-refractivity contribution in [1.29, 1.82) is 0 Å². The summed E-state index contributed by atoms with van der Waals surface area (Å²) in [6.07, 6.45) is 6.83. The molecule has 4 aromatic rings. The second kappa shape index (κ2) is 8.65. The largest absolute Gasteiger partial charge is 0.383 e. The highest BCUT2D eigenvalue weighted by Gasteiger charge is 2.55. The number of fused-ring (bicyclic) bond motifs is 3. The Morgan fingerprint density at radius 1 is 1.08 bits per heavy atom. The molecule has 2 saturated heterocycles. The van der Waals surface area contributed by atoms with Crippen molar-refractivity contribution in [3.63, 3.8) is 0 Å². The summed E-state index contributed by atoms with van der Waals surface area (Å²) in [5.74, 6) is 1.53. The third kappa shape index (κ3) is 4.31. The maximum Gasteiger partial charge on any atom is 0.164 e. The van der Waals surface area contributed by atoms with E-state index in [-0.39, 0.29) is 24.5 Å².